The molecule has 1 unspecified atom stereocenters. The van der Waals surface area contributed by atoms with E-state index in [-0.39, 0.29) is 12.5 Å². The normalized spacial score (nSPS) is 15.5. The van der Waals surface area contributed by atoms with Crippen LogP contribution >= 0.6 is 0 Å². The van der Waals surface area contributed by atoms with E-state index in [1.54, 1.807) is 44.7 Å². The van der Waals surface area contributed by atoms with Crippen molar-refractivity contribution in [3.63, 3.8) is 0 Å². The molecule has 4 rings (SSSR count). The van der Waals surface area contributed by atoms with Gasteiger partial charge >= 0.3 is 0 Å². The zero-order valence-corrected chi connectivity index (χ0v) is 12.8. The van der Waals surface area contributed by atoms with E-state index in [2.05, 4.69) is 15.3 Å². The molecule has 1 amide bonds. The van der Waals surface area contributed by atoms with E-state index in [4.69, 9.17) is 5.11 Å². The minimum Gasteiger partial charge on any atom is -0.393 e. The molecule has 124 valence electrons. The number of aliphatic hydroxyl groups is 2. The summed E-state index contributed by atoms with van der Waals surface area (Å²) in [6.45, 7) is 1.10. The van der Waals surface area contributed by atoms with Crippen molar-refractivity contribution in [3.8, 4) is 0 Å². The fourth-order valence-electron chi connectivity index (χ4n) is 2.85. The molecule has 9 nitrogen and oxygen atoms in total. The number of aliphatic hydroxyl groups excluding tert-OH is 2. The minimum absolute atomic E-state index is 0.0859. The van der Waals surface area contributed by atoms with Gasteiger partial charge in [0, 0.05) is 18.3 Å². The molecule has 0 bridgehead atoms. The highest BCUT2D eigenvalue weighted by molar-refractivity contribution is 5.95. The first-order valence-corrected chi connectivity index (χ1v) is 7.60. The molecule has 1 atom stereocenters. The third kappa shape index (κ3) is 2.43. The summed E-state index contributed by atoms with van der Waals surface area (Å²) in [5.74, 6) is -0.0859. The summed E-state index contributed by atoms with van der Waals surface area (Å²) in [6, 6.07) is 5.18. The first-order valence-electron chi connectivity index (χ1n) is 7.60. The summed E-state index contributed by atoms with van der Waals surface area (Å²) < 4.78 is 3.50. The quantitative estimate of drug-likeness (QED) is 0.678. The molecule has 9 heteroatoms. The number of carbonyl (C=O) groups is 1. The second-order valence-corrected chi connectivity index (χ2v) is 5.72. The van der Waals surface area contributed by atoms with Gasteiger partial charge in [0.1, 0.15) is 12.4 Å². The molecule has 0 saturated heterocycles. The van der Waals surface area contributed by atoms with Crippen molar-refractivity contribution >= 4 is 11.6 Å². The molecule has 0 aromatic carbocycles. The van der Waals surface area contributed by atoms with Crippen LogP contribution in [-0.4, -0.2) is 58.6 Å². The molecule has 1 aliphatic heterocycles. The molecule has 2 N–H and O–H groups in total. The molecule has 0 spiro atoms. The number of nitrogens with zero attached hydrogens (tertiary/aromatic N) is 6. The summed E-state index contributed by atoms with van der Waals surface area (Å²) in [7, 11) is 0. The molecule has 1 aliphatic rings. The Morgan fingerprint density at radius 1 is 1.33 bits per heavy atom. The summed E-state index contributed by atoms with van der Waals surface area (Å²) in [5, 5.41) is 30.7. The fourth-order valence-corrected chi connectivity index (χ4v) is 2.85. The van der Waals surface area contributed by atoms with E-state index in [0.717, 1.165) is 5.69 Å². The SMILES string of the molecule is O=C(c1ccn2cnnc2c1)N1CCn2nc(C(O)CO)cc2C1. The highest BCUT2D eigenvalue weighted by Crippen LogP contribution is 2.19. The Labute approximate surface area is 136 Å². The Bertz CT molecular complexity index is 902. The van der Waals surface area contributed by atoms with Crippen molar-refractivity contribution in [3.05, 3.63) is 47.7 Å². The molecule has 0 saturated carbocycles. The van der Waals surface area contributed by atoms with Crippen molar-refractivity contribution in [2.45, 2.75) is 19.2 Å². The van der Waals surface area contributed by atoms with Crippen LogP contribution in [0.15, 0.2) is 30.7 Å². The van der Waals surface area contributed by atoms with Gasteiger partial charge < -0.3 is 15.1 Å². The van der Waals surface area contributed by atoms with E-state index in [1.807, 2.05) is 0 Å². The summed E-state index contributed by atoms with van der Waals surface area (Å²) in [5.41, 5.74) is 2.43. The summed E-state index contributed by atoms with van der Waals surface area (Å²) in [6.07, 6.45) is 2.34. The zero-order chi connectivity index (χ0) is 16.7. The first kappa shape index (κ1) is 14.8. The standard InChI is InChI=1S/C15H16N6O3/c22-8-13(23)12-6-11-7-19(3-4-21(11)18-12)15(24)10-1-2-20-9-16-17-14(20)5-10/h1-2,5-6,9,13,22-23H,3-4,7-8H2. The lowest BCUT2D eigenvalue weighted by Crippen LogP contribution is -2.38. The molecule has 24 heavy (non-hydrogen) atoms. The van der Waals surface area contributed by atoms with Gasteiger partial charge in [-0.2, -0.15) is 5.10 Å². The van der Waals surface area contributed by atoms with Gasteiger partial charge in [-0.15, -0.1) is 10.2 Å². The van der Waals surface area contributed by atoms with Crippen LogP contribution in [0.3, 0.4) is 0 Å². The van der Waals surface area contributed by atoms with Crippen LogP contribution in [0.5, 0.6) is 0 Å². The van der Waals surface area contributed by atoms with Crippen molar-refractivity contribution in [2.24, 2.45) is 0 Å². The van der Waals surface area contributed by atoms with Crippen LogP contribution in [0, 0.1) is 0 Å². The lowest BCUT2D eigenvalue weighted by atomic mass is 10.2. The molecule has 0 fully saturated rings. The first-order chi connectivity index (χ1) is 11.7. The van der Waals surface area contributed by atoms with E-state index in [9.17, 15) is 9.90 Å². The topological polar surface area (TPSA) is 109 Å². The Balaban J connectivity index is 1.57. The maximum atomic E-state index is 12.7. The fraction of sp³-hybridized carbons (Fsp3) is 0.333. The third-order valence-corrected chi connectivity index (χ3v) is 4.17. The molecule has 0 aliphatic carbocycles. The number of pyridine rings is 1. The Morgan fingerprint density at radius 3 is 3.04 bits per heavy atom. The molecule has 3 aromatic rings. The lowest BCUT2D eigenvalue weighted by Gasteiger charge is -2.27. The van der Waals surface area contributed by atoms with Crippen molar-refractivity contribution in [1.29, 1.82) is 0 Å². The smallest absolute Gasteiger partial charge is 0.254 e. The van der Waals surface area contributed by atoms with E-state index >= 15 is 0 Å². The van der Waals surface area contributed by atoms with Gasteiger partial charge in [0.2, 0.25) is 0 Å². The molecule has 0 radical (unpaired) electrons. The van der Waals surface area contributed by atoms with Gasteiger partial charge in [-0.3, -0.25) is 13.9 Å². The van der Waals surface area contributed by atoms with Crippen molar-refractivity contribution in [1.82, 2.24) is 29.3 Å². The van der Waals surface area contributed by atoms with Crippen molar-refractivity contribution in [2.75, 3.05) is 13.2 Å². The highest BCUT2D eigenvalue weighted by Gasteiger charge is 2.24. The number of hydrogen-bond acceptors (Lipinski definition) is 6. The number of hydrogen-bond donors (Lipinski definition) is 2. The van der Waals surface area contributed by atoms with Gasteiger partial charge in [-0.05, 0) is 18.2 Å². The molecule has 4 heterocycles. The average molecular weight is 328 g/mol. The van der Waals surface area contributed by atoms with Crippen LogP contribution in [0.2, 0.25) is 0 Å². The number of fused-ring (bicyclic) bond motifs is 2. The average Bonchev–Trinajstić information content (AvgIpc) is 3.25. The predicted molar refractivity (Wildman–Crippen MR) is 82.0 cm³/mol. The van der Waals surface area contributed by atoms with Crippen LogP contribution in [-0.2, 0) is 13.1 Å². The van der Waals surface area contributed by atoms with Crippen LogP contribution in [0.1, 0.15) is 27.8 Å². The Kier molecular flexibility index (Phi) is 3.51. The van der Waals surface area contributed by atoms with Crippen LogP contribution in [0.25, 0.3) is 5.65 Å². The number of amides is 1. The number of carbonyl (C=O) groups excluding carboxylic acids is 1. The van der Waals surface area contributed by atoms with Crippen molar-refractivity contribution < 1.29 is 15.0 Å². The van der Waals surface area contributed by atoms with Gasteiger partial charge in [0.25, 0.3) is 5.91 Å². The largest absolute Gasteiger partial charge is 0.393 e. The van der Waals surface area contributed by atoms with E-state index in [1.165, 1.54) is 0 Å². The summed E-state index contributed by atoms with van der Waals surface area (Å²) in [4.78, 5) is 14.5. The van der Waals surface area contributed by atoms with Crippen LogP contribution < -0.4 is 0 Å². The predicted octanol–water partition coefficient (Wildman–Crippen LogP) is -0.393. The van der Waals surface area contributed by atoms with Gasteiger partial charge in [0.15, 0.2) is 5.65 Å². The zero-order valence-electron chi connectivity index (χ0n) is 12.8. The van der Waals surface area contributed by atoms with E-state index in [0.29, 0.717) is 36.5 Å². The van der Waals surface area contributed by atoms with E-state index < -0.39 is 6.10 Å². The maximum Gasteiger partial charge on any atom is 0.254 e. The number of rotatable bonds is 3. The molecule has 3 aromatic heterocycles. The summed E-state index contributed by atoms with van der Waals surface area (Å²) >= 11 is 0. The molecular formula is C15H16N6O3. The molecular weight excluding hydrogens is 312 g/mol. The van der Waals surface area contributed by atoms with Gasteiger partial charge in [0.05, 0.1) is 31.1 Å². The lowest BCUT2D eigenvalue weighted by molar-refractivity contribution is 0.0704. The minimum atomic E-state index is -0.998. The third-order valence-electron chi connectivity index (χ3n) is 4.17. The second kappa shape index (κ2) is 5.69. The second-order valence-electron chi connectivity index (χ2n) is 5.72. The maximum absolute atomic E-state index is 12.7. The van der Waals surface area contributed by atoms with Gasteiger partial charge in [-0.1, -0.05) is 0 Å². The highest BCUT2D eigenvalue weighted by atomic mass is 16.3. The Morgan fingerprint density at radius 2 is 2.21 bits per heavy atom. The number of aromatic nitrogens is 5. The van der Waals surface area contributed by atoms with Crippen LogP contribution in [0.4, 0.5) is 0 Å². The Hall–Kier alpha value is -2.78. The monoisotopic (exact) mass is 328 g/mol. The van der Waals surface area contributed by atoms with Gasteiger partial charge in [-0.25, -0.2) is 0 Å².